The highest BCUT2D eigenvalue weighted by Gasteiger charge is 2.29. The standard InChI is InChI=1S/C11H24N2O2S/c1-3-13(4-2)8-5-7-12-11-6-9-16(14,15)10-11/h11-12H,3-10H2,1-2H3/p+2/t11-/m1/s1. The quantitative estimate of drug-likeness (QED) is 0.516. The number of sulfone groups is 1. The molecule has 1 saturated heterocycles. The Morgan fingerprint density at radius 3 is 2.50 bits per heavy atom. The van der Waals surface area contributed by atoms with Crippen LogP contribution in [0.2, 0.25) is 0 Å². The van der Waals surface area contributed by atoms with Crippen LogP contribution < -0.4 is 10.2 Å². The monoisotopic (exact) mass is 250 g/mol. The Hall–Kier alpha value is -0.130. The molecule has 0 spiro atoms. The molecule has 0 bridgehead atoms. The third-order valence-corrected chi connectivity index (χ3v) is 5.30. The fraction of sp³-hybridized carbons (Fsp3) is 1.00. The van der Waals surface area contributed by atoms with Crippen LogP contribution in [-0.2, 0) is 9.84 Å². The van der Waals surface area contributed by atoms with E-state index >= 15 is 0 Å². The van der Waals surface area contributed by atoms with Crippen molar-refractivity contribution in [3.63, 3.8) is 0 Å². The van der Waals surface area contributed by atoms with E-state index in [1.807, 2.05) is 0 Å². The molecule has 0 amide bonds. The van der Waals surface area contributed by atoms with Gasteiger partial charge in [-0.3, -0.25) is 0 Å². The van der Waals surface area contributed by atoms with E-state index in [2.05, 4.69) is 19.2 Å². The van der Waals surface area contributed by atoms with E-state index < -0.39 is 9.84 Å². The molecule has 4 nitrogen and oxygen atoms in total. The van der Waals surface area contributed by atoms with Crippen LogP contribution in [0.3, 0.4) is 0 Å². The fourth-order valence-electron chi connectivity index (χ4n) is 2.32. The summed E-state index contributed by atoms with van der Waals surface area (Å²) >= 11 is 0. The Kier molecular flexibility index (Phi) is 5.72. The zero-order valence-electron chi connectivity index (χ0n) is 10.5. The molecule has 1 heterocycles. The molecule has 96 valence electrons. The normalized spacial score (nSPS) is 24.1. The Bertz CT molecular complexity index is 286. The van der Waals surface area contributed by atoms with Crippen molar-refractivity contribution in [3.8, 4) is 0 Å². The lowest BCUT2D eigenvalue weighted by molar-refractivity contribution is -0.898. The van der Waals surface area contributed by atoms with Crippen LogP contribution in [-0.4, -0.2) is 52.1 Å². The molecular formula is C11H26N2O2S+2. The average molecular weight is 250 g/mol. The molecule has 0 aromatic heterocycles. The van der Waals surface area contributed by atoms with Crippen LogP contribution in [0, 0.1) is 0 Å². The first kappa shape index (κ1) is 13.9. The number of quaternary nitrogens is 2. The van der Waals surface area contributed by atoms with Gasteiger partial charge in [-0.1, -0.05) is 0 Å². The van der Waals surface area contributed by atoms with Crippen molar-refractivity contribution in [2.45, 2.75) is 32.7 Å². The van der Waals surface area contributed by atoms with Crippen molar-refractivity contribution < 1.29 is 18.6 Å². The maximum atomic E-state index is 11.3. The molecule has 0 aromatic carbocycles. The third kappa shape index (κ3) is 4.80. The summed E-state index contributed by atoms with van der Waals surface area (Å²) in [4.78, 5) is 1.63. The summed E-state index contributed by atoms with van der Waals surface area (Å²) in [7, 11) is -2.69. The van der Waals surface area contributed by atoms with Gasteiger partial charge in [0.2, 0.25) is 0 Å². The summed E-state index contributed by atoms with van der Waals surface area (Å²) < 4.78 is 22.5. The zero-order chi connectivity index (χ0) is 12.0. The molecule has 16 heavy (non-hydrogen) atoms. The first-order chi connectivity index (χ1) is 7.57. The first-order valence-electron chi connectivity index (χ1n) is 6.44. The van der Waals surface area contributed by atoms with Gasteiger partial charge in [-0.15, -0.1) is 0 Å². The van der Waals surface area contributed by atoms with E-state index in [4.69, 9.17) is 0 Å². The van der Waals surface area contributed by atoms with Crippen LogP contribution in [0.25, 0.3) is 0 Å². The molecule has 1 fully saturated rings. The van der Waals surface area contributed by atoms with Crippen LogP contribution in [0.15, 0.2) is 0 Å². The van der Waals surface area contributed by atoms with E-state index in [1.165, 1.54) is 26.1 Å². The first-order valence-corrected chi connectivity index (χ1v) is 8.27. The van der Waals surface area contributed by atoms with Gasteiger partial charge < -0.3 is 10.2 Å². The van der Waals surface area contributed by atoms with Gasteiger partial charge in [0, 0.05) is 12.8 Å². The van der Waals surface area contributed by atoms with Gasteiger partial charge >= 0.3 is 0 Å². The molecule has 0 saturated carbocycles. The number of rotatable bonds is 7. The van der Waals surface area contributed by atoms with E-state index in [1.54, 1.807) is 4.90 Å². The van der Waals surface area contributed by atoms with Crippen LogP contribution >= 0.6 is 0 Å². The molecule has 1 aliphatic rings. The van der Waals surface area contributed by atoms with Gasteiger partial charge in [0.15, 0.2) is 9.84 Å². The van der Waals surface area contributed by atoms with Gasteiger partial charge in [-0.05, 0) is 13.8 Å². The third-order valence-electron chi connectivity index (χ3n) is 3.50. The minimum atomic E-state index is -2.69. The Balaban J connectivity index is 2.08. The van der Waals surface area contributed by atoms with Crippen molar-refractivity contribution in [2.75, 3.05) is 37.7 Å². The second-order valence-corrected chi connectivity index (χ2v) is 6.98. The summed E-state index contributed by atoms with van der Waals surface area (Å²) in [5.74, 6) is 0.792. The smallest absolute Gasteiger partial charge is 0.156 e. The maximum Gasteiger partial charge on any atom is 0.156 e. The summed E-state index contributed by atoms with van der Waals surface area (Å²) in [6.45, 7) is 9.09. The highest BCUT2D eigenvalue weighted by atomic mass is 32.2. The average Bonchev–Trinajstić information content (AvgIpc) is 2.59. The number of nitrogens with one attached hydrogen (secondary N) is 1. The van der Waals surface area contributed by atoms with Crippen LogP contribution in [0.4, 0.5) is 0 Å². The molecule has 0 aromatic rings. The minimum absolute atomic E-state index is 0.330. The molecule has 0 radical (unpaired) electrons. The summed E-state index contributed by atoms with van der Waals surface area (Å²) in [5, 5.41) is 2.23. The Morgan fingerprint density at radius 2 is 2.00 bits per heavy atom. The van der Waals surface area contributed by atoms with Crippen LogP contribution in [0.1, 0.15) is 26.7 Å². The second kappa shape index (κ2) is 6.57. The molecule has 0 aliphatic carbocycles. The topological polar surface area (TPSA) is 55.2 Å². The summed E-state index contributed by atoms with van der Waals surface area (Å²) in [6.07, 6.45) is 2.04. The van der Waals surface area contributed by atoms with Crippen molar-refractivity contribution in [1.82, 2.24) is 0 Å². The summed E-state index contributed by atoms with van der Waals surface area (Å²) in [5.41, 5.74) is 0. The van der Waals surface area contributed by atoms with Crippen molar-refractivity contribution in [3.05, 3.63) is 0 Å². The maximum absolute atomic E-state index is 11.3. The second-order valence-electron chi connectivity index (χ2n) is 4.75. The minimum Gasteiger partial charge on any atom is -0.343 e. The Morgan fingerprint density at radius 1 is 1.31 bits per heavy atom. The largest absolute Gasteiger partial charge is 0.343 e. The number of nitrogens with two attached hydrogens (primary N) is 1. The highest BCUT2D eigenvalue weighted by Crippen LogP contribution is 2.07. The predicted octanol–water partition coefficient (Wildman–Crippen LogP) is -1.95. The molecule has 1 rings (SSSR count). The lowest BCUT2D eigenvalue weighted by Crippen LogP contribution is -3.11. The number of hydrogen-bond acceptors (Lipinski definition) is 2. The predicted molar refractivity (Wildman–Crippen MR) is 65.4 cm³/mol. The fourth-order valence-corrected chi connectivity index (χ4v) is 4.10. The van der Waals surface area contributed by atoms with Gasteiger partial charge in [-0.25, -0.2) is 8.42 Å². The molecule has 5 heteroatoms. The summed E-state index contributed by atoms with van der Waals surface area (Å²) in [6, 6.07) is 0.330. The highest BCUT2D eigenvalue weighted by molar-refractivity contribution is 7.91. The van der Waals surface area contributed by atoms with Crippen molar-refractivity contribution >= 4 is 9.84 Å². The lowest BCUT2D eigenvalue weighted by Gasteiger charge is -2.15. The van der Waals surface area contributed by atoms with Gasteiger partial charge in [0.25, 0.3) is 0 Å². The van der Waals surface area contributed by atoms with Crippen LogP contribution in [0.5, 0.6) is 0 Å². The lowest BCUT2D eigenvalue weighted by atomic mass is 10.2. The van der Waals surface area contributed by atoms with E-state index in [0.717, 1.165) is 13.0 Å². The SMILES string of the molecule is CC[NH+](CC)CCC[NH2+][C@@H]1CCS(=O)(=O)C1. The molecule has 1 aliphatic heterocycles. The molecule has 1 atom stereocenters. The van der Waals surface area contributed by atoms with Gasteiger partial charge in [-0.2, -0.15) is 0 Å². The van der Waals surface area contributed by atoms with E-state index in [9.17, 15) is 8.42 Å². The van der Waals surface area contributed by atoms with Gasteiger partial charge in [0.1, 0.15) is 11.8 Å². The van der Waals surface area contributed by atoms with Crippen molar-refractivity contribution in [1.29, 1.82) is 0 Å². The zero-order valence-corrected chi connectivity index (χ0v) is 11.4. The van der Waals surface area contributed by atoms with E-state index in [0.29, 0.717) is 17.5 Å². The number of hydrogen-bond donors (Lipinski definition) is 2. The van der Waals surface area contributed by atoms with Gasteiger partial charge in [0.05, 0.1) is 31.9 Å². The molecule has 0 unspecified atom stereocenters. The molecular weight excluding hydrogens is 224 g/mol. The Labute approximate surface area is 99.3 Å². The van der Waals surface area contributed by atoms with Crippen molar-refractivity contribution in [2.24, 2.45) is 0 Å². The van der Waals surface area contributed by atoms with E-state index in [-0.39, 0.29) is 0 Å². The molecule has 3 N–H and O–H groups in total.